The molecule has 24 heavy (non-hydrogen) atoms. The molecule has 0 spiro atoms. The van der Waals surface area contributed by atoms with Crippen molar-refractivity contribution in [2.75, 3.05) is 6.54 Å². The number of amides is 2. The number of hydrogen-bond donors (Lipinski definition) is 2. The first-order chi connectivity index (χ1) is 11.0. The molecule has 0 heterocycles. The second kappa shape index (κ2) is 8.37. The van der Waals surface area contributed by atoms with Crippen molar-refractivity contribution in [1.82, 2.24) is 10.2 Å². The van der Waals surface area contributed by atoms with Crippen molar-refractivity contribution >= 4 is 6.03 Å². The fourth-order valence-electron chi connectivity index (χ4n) is 2.34. The van der Waals surface area contributed by atoms with Crippen molar-refractivity contribution < 1.29 is 23.1 Å². The van der Waals surface area contributed by atoms with Crippen LogP contribution in [-0.2, 0) is 12.6 Å². The highest BCUT2D eigenvalue weighted by molar-refractivity contribution is 5.74. The highest BCUT2D eigenvalue weighted by atomic mass is 19.4. The maximum absolute atomic E-state index is 12.5. The van der Waals surface area contributed by atoms with E-state index in [0.717, 1.165) is 12.1 Å². The number of nitrogens with one attached hydrogen (secondary N) is 1. The summed E-state index contributed by atoms with van der Waals surface area (Å²) >= 11 is 0. The quantitative estimate of drug-likeness (QED) is 0.829. The maximum Gasteiger partial charge on any atom is 0.416 e. The van der Waals surface area contributed by atoms with Gasteiger partial charge in [-0.3, -0.25) is 0 Å². The zero-order valence-corrected chi connectivity index (χ0v) is 14.4. The second-order valence-electron chi connectivity index (χ2n) is 6.34. The molecular formula is C17H25F3N2O2. The van der Waals surface area contributed by atoms with E-state index in [-0.39, 0.29) is 24.7 Å². The van der Waals surface area contributed by atoms with Crippen molar-refractivity contribution in [3.8, 4) is 0 Å². The van der Waals surface area contributed by atoms with Gasteiger partial charge in [-0.05, 0) is 51.8 Å². The van der Waals surface area contributed by atoms with Gasteiger partial charge in [0.2, 0.25) is 0 Å². The molecule has 2 amide bonds. The smallest absolute Gasteiger partial charge is 0.392 e. The van der Waals surface area contributed by atoms with Crippen LogP contribution in [-0.4, -0.2) is 40.8 Å². The molecule has 2 N–H and O–H groups in total. The molecule has 0 saturated carbocycles. The van der Waals surface area contributed by atoms with Crippen LogP contribution < -0.4 is 5.32 Å². The Labute approximate surface area is 140 Å². The Balaban J connectivity index is 2.64. The molecule has 1 aromatic carbocycles. The molecule has 0 bridgehead atoms. The summed E-state index contributed by atoms with van der Waals surface area (Å²) in [6.45, 7) is 7.31. The zero-order valence-electron chi connectivity index (χ0n) is 14.4. The fraction of sp³-hybridized carbons (Fsp3) is 0.588. The molecule has 2 unspecified atom stereocenters. The lowest BCUT2D eigenvalue weighted by Crippen LogP contribution is -2.49. The summed E-state index contributed by atoms with van der Waals surface area (Å²) in [6, 6.07) is 4.30. The largest absolute Gasteiger partial charge is 0.416 e. The monoisotopic (exact) mass is 346 g/mol. The first-order valence-electron chi connectivity index (χ1n) is 7.92. The van der Waals surface area contributed by atoms with E-state index < -0.39 is 17.8 Å². The van der Waals surface area contributed by atoms with Crippen molar-refractivity contribution in [1.29, 1.82) is 0 Å². The molecule has 1 rings (SSSR count). The van der Waals surface area contributed by atoms with Gasteiger partial charge in [-0.1, -0.05) is 12.1 Å². The summed E-state index contributed by atoms with van der Waals surface area (Å²) in [5, 5.41) is 12.3. The molecule has 0 aliphatic carbocycles. The first-order valence-corrected chi connectivity index (χ1v) is 7.92. The van der Waals surface area contributed by atoms with Crippen molar-refractivity contribution in [3.05, 3.63) is 35.4 Å². The average molecular weight is 346 g/mol. The Morgan fingerprint density at radius 3 is 2.12 bits per heavy atom. The number of benzene rings is 1. The molecule has 0 radical (unpaired) electrons. The van der Waals surface area contributed by atoms with E-state index in [2.05, 4.69) is 5.32 Å². The van der Waals surface area contributed by atoms with Crippen LogP contribution >= 0.6 is 0 Å². The standard InChI is InChI=1S/C17H25F3N2O2/c1-11(2)22(10-13(4)23)16(24)21-12(3)9-14-5-7-15(8-6-14)17(18,19)20/h5-8,11-13,23H,9-10H2,1-4H3,(H,21,24). The Morgan fingerprint density at radius 1 is 1.17 bits per heavy atom. The van der Waals surface area contributed by atoms with Gasteiger partial charge in [-0.2, -0.15) is 13.2 Å². The van der Waals surface area contributed by atoms with Gasteiger partial charge in [-0.15, -0.1) is 0 Å². The van der Waals surface area contributed by atoms with Crippen LogP contribution in [0.25, 0.3) is 0 Å². The van der Waals surface area contributed by atoms with Gasteiger partial charge in [-0.25, -0.2) is 4.79 Å². The summed E-state index contributed by atoms with van der Waals surface area (Å²) in [6.07, 6.45) is -4.56. The van der Waals surface area contributed by atoms with Gasteiger partial charge in [0.1, 0.15) is 0 Å². The number of nitrogens with zero attached hydrogens (tertiary/aromatic N) is 1. The van der Waals surface area contributed by atoms with Crippen molar-refractivity contribution in [3.63, 3.8) is 0 Å². The number of carbonyl (C=O) groups excluding carboxylic acids is 1. The van der Waals surface area contributed by atoms with Crippen molar-refractivity contribution in [2.45, 2.75) is 58.5 Å². The molecule has 0 fully saturated rings. The number of aliphatic hydroxyl groups is 1. The number of aliphatic hydroxyl groups excluding tert-OH is 1. The highest BCUT2D eigenvalue weighted by Crippen LogP contribution is 2.29. The van der Waals surface area contributed by atoms with Crippen LogP contribution in [0.2, 0.25) is 0 Å². The third kappa shape index (κ3) is 6.39. The summed E-state index contributed by atoms with van der Waals surface area (Å²) in [4.78, 5) is 13.8. The Morgan fingerprint density at radius 2 is 1.71 bits per heavy atom. The van der Waals surface area contributed by atoms with Crippen LogP contribution in [0, 0.1) is 0 Å². The summed E-state index contributed by atoms with van der Waals surface area (Å²) < 4.78 is 37.6. The first kappa shape index (κ1) is 20.3. The summed E-state index contributed by atoms with van der Waals surface area (Å²) in [5.41, 5.74) is 0.0216. The third-order valence-corrected chi connectivity index (χ3v) is 3.54. The van der Waals surface area contributed by atoms with Gasteiger partial charge < -0.3 is 15.3 Å². The minimum atomic E-state index is -4.35. The lowest BCUT2D eigenvalue weighted by molar-refractivity contribution is -0.137. The van der Waals surface area contributed by atoms with E-state index in [1.807, 2.05) is 13.8 Å². The molecule has 0 aliphatic heterocycles. The predicted molar refractivity (Wildman–Crippen MR) is 86.7 cm³/mol. The Bertz CT molecular complexity index is 528. The van der Waals surface area contributed by atoms with Crippen LogP contribution in [0.15, 0.2) is 24.3 Å². The molecule has 2 atom stereocenters. The lowest BCUT2D eigenvalue weighted by Gasteiger charge is -2.29. The zero-order chi connectivity index (χ0) is 18.5. The van der Waals surface area contributed by atoms with Gasteiger partial charge in [0.05, 0.1) is 11.7 Å². The van der Waals surface area contributed by atoms with Gasteiger partial charge in [0.25, 0.3) is 0 Å². The minimum absolute atomic E-state index is 0.0714. The fourth-order valence-corrected chi connectivity index (χ4v) is 2.34. The number of alkyl halides is 3. The number of urea groups is 1. The topological polar surface area (TPSA) is 52.6 Å². The molecule has 0 saturated heterocycles. The summed E-state index contributed by atoms with van der Waals surface area (Å²) in [5.74, 6) is 0. The minimum Gasteiger partial charge on any atom is -0.392 e. The van der Waals surface area contributed by atoms with Crippen LogP contribution in [0.1, 0.15) is 38.8 Å². The Kier molecular flexibility index (Phi) is 7.08. The van der Waals surface area contributed by atoms with E-state index in [1.54, 1.807) is 13.8 Å². The average Bonchev–Trinajstić information content (AvgIpc) is 2.43. The second-order valence-corrected chi connectivity index (χ2v) is 6.34. The molecule has 4 nitrogen and oxygen atoms in total. The van der Waals surface area contributed by atoms with Crippen LogP contribution in [0.5, 0.6) is 0 Å². The van der Waals surface area contributed by atoms with E-state index in [0.29, 0.717) is 12.0 Å². The van der Waals surface area contributed by atoms with Crippen molar-refractivity contribution in [2.24, 2.45) is 0 Å². The molecule has 136 valence electrons. The number of carbonyl (C=O) groups is 1. The van der Waals surface area contributed by atoms with E-state index in [4.69, 9.17) is 0 Å². The van der Waals surface area contributed by atoms with E-state index in [9.17, 15) is 23.1 Å². The lowest BCUT2D eigenvalue weighted by atomic mass is 10.0. The normalized spacial score (nSPS) is 14.4. The molecule has 0 aromatic heterocycles. The predicted octanol–water partition coefficient (Wildman–Crippen LogP) is 3.44. The number of halogens is 3. The van der Waals surface area contributed by atoms with Gasteiger partial charge >= 0.3 is 12.2 Å². The van der Waals surface area contributed by atoms with Gasteiger partial charge in [0, 0.05) is 18.6 Å². The Hall–Kier alpha value is -1.76. The molecular weight excluding hydrogens is 321 g/mol. The number of hydrogen-bond acceptors (Lipinski definition) is 2. The molecule has 0 aliphatic rings. The highest BCUT2D eigenvalue weighted by Gasteiger charge is 2.30. The maximum atomic E-state index is 12.5. The SMILES string of the molecule is CC(O)CN(C(=O)NC(C)Cc1ccc(C(F)(F)F)cc1)C(C)C. The van der Waals surface area contributed by atoms with Crippen LogP contribution in [0.3, 0.4) is 0 Å². The van der Waals surface area contributed by atoms with E-state index in [1.165, 1.54) is 17.0 Å². The number of rotatable bonds is 6. The summed E-state index contributed by atoms with van der Waals surface area (Å²) in [7, 11) is 0. The van der Waals surface area contributed by atoms with E-state index >= 15 is 0 Å². The third-order valence-electron chi connectivity index (χ3n) is 3.54. The van der Waals surface area contributed by atoms with Crippen LogP contribution in [0.4, 0.5) is 18.0 Å². The molecule has 1 aromatic rings. The van der Waals surface area contributed by atoms with Gasteiger partial charge in [0.15, 0.2) is 0 Å². The molecule has 7 heteroatoms.